The molecule has 2 N–H and O–H groups in total. The summed E-state index contributed by atoms with van der Waals surface area (Å²) in [6, 6.07) is 0. The molecule has 2 aliphatic rings. The molecule has 1 atom stereocenters. The van der Waals surface area contributed by atoms with Crippen LogP contribution in [0.4, 0.5) is 0 Å². The molecule has 2 aliphatic heterocycles. The van der Waals surface area contributed by atoms with Crippen LogP contribution in [-0.4, -0.2) is 51.5 Å². The van der Waals surface area contributed by atoms with Crippen molar-refractivity contribution in [3.8, 4) is 0 Å². The summed E-state index contributed by atoms with van der Waals surface area (Å²) in [5.41, 5.74) is 0.215. The van der Waals surface area contributed by atoms with Gasteiger partial charge in [0.2, 0.25) is 0 Å². The summed E-state index contributed by atoms with van der Waals surface area (Å²) in [6.07, 6.45) is 2.27. The Kier molecular flexibility index (Phi) is 4.12. The Bertz CT molecular complexity index is 307. The van der Waals surface area contributed by atoms with Crippen LogP contribution in [0.15, 0.2) is 4.99 Å². The van der Waals surface area contributed by atoms with Crippen molar-refractivity contribution in [1.29, 1.82) is 0 Å². The molecule has 2 heterocycles. The molecule has 104 valence electrons. The lowest BCUT2D eigenvalue weighted by Gasteiger charge is -2.38. The fourth-order valence-electron chi connectivity index (χ4n) is 2.32. The van der Waals surface area contributed by atoms with E-state index in [9.17, 15) is 0 Å². The fourth-order valence-corrected chi connectivity index (χ4v) is 2.32. The number of ether oxygens (including phenoxy) is 2. The van der Waals surface area contributed by atoms with Gasteiger partial charge in [0.05, 0.1) is 18.8 Å². The Labute approximate surface area is 109 Å². The Morgan fingerprint density at radius 2 is 1.94 bits per heavy atom. The van der Waals surface area contributed by atoms with Gasteiger partial charge in [0.15, 0.2) is 5.96 Å². The van der Waals surface area contributed by atoms with Crippen molar-refractivity contribution in [2.24, 2.45) is 10.4 Å². The summed E-state index contributed by atoms with van der Waals surface area (Å²) in [5, 5.41) is 6.70. The third-order valence-electron chi connectivity index (χ3n) is 3.74. The summed E-state index contributed by atoms with van der Waals surface area (Å²) in [5.74, 6) is 0.847. The fraction of sp³-hybridized carbons (Fsp3) is 0.923. The van der Waals surface area contributed by atoms with Crippen LogP contribution >= 0.6 is 0 Å². The highest BCUT2D eigenvalue weighted by molar-refractivity contribution is 5.79. The number of hydrogen-bond acceptors (Lipinski definition) is 3. The van der Waals surface area contributed by atoms with Gasteiger partial charge in [0, 0.05) is 32.2 Å². The van der Waals surface area contributed by atoms with E-state index >= 15 is 0 Å². The molecule has 5 nitrogen and oxygen atoms in total. The van der Waals surface area contributed by atoms with Crippen LogP contribution in [0.2, 0.25) is 0 Å². The summed E-state index contributed by atoms with van der Waals surface area (Å²) in [6.45, 7) is 8.61. The molecule has 0 aliphatic carbocycles. The molecule has 0 radical (unpaired) electrons. The average molecular weight is 255 g/mol. The quantitative estimate of drug-likeness (QED) is 0.575. The van der Waals surface area contributed by atoms with Crippen molar-refractivity contribution in [2.45, 2.75) is 32.3 Å². The molecule has 0 saturated carbocycles. The highest BCUT2D eigenvalue weighted by Crippen LogP contribution is 2.25. The lowest BCUT2D eigenvalue weighted by atomic mass is 9.89. The zero-order chi connectivity index (χ0) is 13.1. The second-order valence-electron chi connectivity index (χ2n) is 5.98. The summed E-state index contributed by atoms with van der Waals surface area (Å²) < 4.78 is 11.0. The third kappa shape index (κ3) is 3.36. The minimum atomic E-state index is -0.0406. The first-order chi connectivity index (χ1) is 8.55. The number of guanidine groups is 1. The van der Waals surface area contributed by atoms with Crippen LogP contribution in [0.5, 0.6) is 0 Å². The molecular formula is C13H25N3O2. The minimum Gasteiger partial charge on any atom is -0.380 e. The Hall–Kier alpha value is -0.810. The Morgan fingerprint density at radius 1 is 1.22 bits per heavy atom. The zero-order valence-corrected chi connectivity index (χ0v) is 11.7. The molecule has 0 aromatic heterocycles. The van der Waals surface area contributed by atoms with Crippen molar-refractivity contribution in [3.05, 3.63) is 0 Å². The van der Waals surface area contributed by atoms with E-state index in [1.54, 1.807) is 7.05 Å². The van der Waals surface area contributed by atoms with Crippen LogP contribution in [0, 0.1) is 5.41 Å². The predicted molar refractivity (Wildman–Crippen MR) is 71.9 cm³/mol. The summed E-state index contributed by atoms with van der Waals surface area (Å²) >= 11 is 0. The van der Waals surface area contributed by atoms with Gasteiger partial charge in [0.1, 0.15) is 0 Å². The summed E-state index contributed by atoms with van der Waals surface area (Å²) in [4.78, 5) is 4.24. The van der Waals surface area contributed by atoms with Crippen molar-refractivity contribution >= 4 is 5.96 Å². The number of nitrogens with zero attached hydrogens (tertiary/aromatic N) is 1. The third-order valence-corrected chi connectivity index (χ3v) is 3.74. The molecule has 0 aromatic carbocycles. The lowest BCUT2D eigenvalue weighted by molar-refractivity contribution is -0.0971. The van der Waals surface area contributed by atoms with Crippen molar-refractivity contribution in [1.82, 2.24) is 10.6 Å². The van der Waals surface area contributed by atoms with Gasteiger partial charge in [-0.3, -0.25) is 4.99 Å². The van der Waals surface area contributed by atoms with Crippen LogP contribution in [-0.2, 0) is 9.47 Å². The van der Waals surface area contributed by atoms with Gasteiger partial charge in [-0.25, -0.2) is 0 Å². The first kappa shape index (κ1) is 13.6. The van der Waals surface area contributed by atoms with E-state index in [0.29, 0.717) is 0 Å². The predicted octanol–water partition coefficient (Wildman–Crippen LogP) is 0.757. The van der Waals surface area contributed by atoms with E-state index in [2.05, 4.69) is 29.5 Å². The van der Waals surface area contributed by atoms with Gasteiger partial charge < -0.3 is 20.1 Å². The molecule has 2 rings (SSSR count). The molecule has 0 spiro atoms. The van der Waals surface area contributed by atoms with Gasteiger partial charge in [-0.15, -0.1) is 0 Å². The van der Waals surface area contributed by atoms with E-state index in [0.717, 1.165) is 51.7 Å². The number of rotatable bonds is 4. The van der Waals surface area contributed by atoms with Gasteiger partial charge in [-0.05, 0) is 19.8 Å². The van der Waals surface area contributed by atoms with Gasteiger partial charge >= 0.3 is 0 Å². The maximum atomic E-state index is 5.75. The smallest absolute Gasteiger partial charge is 0.191 e. The van der Waals surface area contributed by atoms with Gasteiger partial charge in [-0.1, -0.05) is 6.92 Å². The highest BCUT2D eigenvalue weighted by Gasteiger charge is 2.34. The highest BCUT2D eigenvalue weighted by atomic mass is 16.5. The number of nitrogens with one attached hydrogen (secondary N) is 2. The Morgan fingerprint density at radius 3 is 2.44 bits per heavy atom. The Balaban J connectivity index is 1.72. The molecule has 1 unspecified atom stereocenters. The maximum absolute atomic E-state index is 5.75. The standard InChI is InChI=1S/C13H25N3O2/c1-12(9-17-10-12)7-15-11(14-3)16-8-13(2)5-4-6-18-13/h4-10H2,1-3H3,(H2,14,15,16). The SMILES string of the molecule is CN=C(NCC1(C)COC1)NCC1(C)CCCO1. The van der Waals surface area contributed by atoms with E-state index < -0.39 is 0 Å². The molecule has 2 fully saturated rings. The second-order valence-corrected chi connectivity index (χ2v) is 5.98. The lowest BCUT2D eigenvalue weighted by Crippen LogP contribution is -2.52. The van der Waals surface area contributed by atoms with Crippen molar-refractivity contribution < 1.29 is 9.47 Å². The normalized spacial score (nSPS) is 30.9. The largest absolute Gasteiger partial charge is 0.380 e. The van der Waals surface area contributed by atoms with Crippen LogP contribution < -0.4 is 10.6 Å². The van der Waals surface area contributed by atoms with Gasteiger partial charge in [-0.2, -0.15) is 0 Å². The number of hydrogen-bond donors (Lipinski definition) is 2. The molecule has 5 heteroatoms. The molecule has 0 aromatic rings. The second kappa shape index (κ2) is 5.45. The van der Waals surface area contributed by atoms with E-state index in [-0.39, 0.29) is 11.0 Å². The maximum Gasteiger partial charge on any atom is 0.191 e. The van der Waals surface area contributed by atoms with Crippen LogP contribution in [0.3, 0.4) is 0 Å². The topological polar surface area (TPSA) is 54.9 Å². The van der Waals surface area contributed by atoms with Crippen molar-refractivity contribution in [2.75, 3.05) is 40.0 Å². The first-order valence-electron chi connectivity index (χ1n) is 6.72. The first-order valence-corrected chi connectivity index (χ1v) is 6.72. The minimum absolute atomic E-state index is 0.0406. The monoisotopic (exact) mass is 255 g/mol. The molecular weight excluding hydrogens is 230 g/mol. The van der Waals surface area contributed by atoms with E-state index in [1.165, 1.54) is 0 Å². The molecule has 0 amide bonds. The number of aliphatic imine (C=N–C) groups is 1. The van der Waals surface area contributed by atoms with Crippen LogP contribution in [0.25, 0.3) is 0 Å². The average Bonchev–Trinajstić information content (AvgIpc) is 2.74. The summed E-state index contributed by atoms with van der Waals surface area (Å²) in [7, 11) is 1.80. The zero-order valence-electron chi connectivity index (χ0n) is 11.7. The van der Waals surface area contributed by atoms with Crippen molar-refractivity contribution in [3.63, 3.8) is 0 Å². The van der Waals surface area contributed by atoms with Crippen LogP contribution in [0.1, 0.15) is 26.7 Å². The molecule has 18 heavy (non-hydrogen) atoms. The van der Waals surface area contributed by atoms with Gasteiger partial charge in [0.25, 0.3) is 0 Å². The van der Waals surface area contributed by atoms with E-state index in [4.69, 9.17) is 9.47 Å². The van der Waals surface area contributed by atoms with E-state index in [1.807, 2.05) is 0 Å². The molecule has 2 saturated heterocycles. The molecule has 0 bridgehead atoms.